The number of likely N-dealkylation sites (tertiary alicyclic amines) is 1. The molecule has 0 aromatic carbocycles. The molecule has 1 spiro atoms. The van der Waals surface area contributed by atoms with Gasteiger partial charge in [0.1, 0.15) is 6.33 Å². The molecule has 1 N–H and O–H groups in total. The molecule has 0 atom stereocenters. The summed E-state index contributed by atoms with van der Waals surface area (Å²) in [6, 6.07) is 0. The number of hydrogen-bond donors (Lipinski definition) is 1. The van der Waals surface area contributed by atoms with Crippen LogP contribution in [0.1, 0.15) is 57.2 Å². The van der Waals surface area contributed by atoms with Crippen LogP contribution in [-0.4, -0.2) is 45.8 Å². The molecule has 1 saturated carbocycles. The average Bonchev–Trinajstić information content (AvgIpc) is 2.84. The molecule has 6 nitrogen and oxygen atoms in total. The molecule has 24 heavy (non-hydrogen) atoms. The van der Waals surface area contributed by atoms with Crippen LogP contribution in [0.25, 0.3) is 0 Å². The van der Waals surface area contributed by atoms with Crippen LogP contribution in [-0.2, 0) is 13.6 Å². The third-order valence-electron chi connectivity index (χ3n) is 5.55. The second-order valence-corrected chi connectivity index (χ2v) is 7.20. The van der Waals surface area contributed by atoms with Crippen LogP contribution < -0.4 is 5.32 Å². The summed E-state index contributed by atoms with van der Waals surface area (Å²) in [6.07, 6.45) is 12.8. The van der Waals surface area contributed by atoms with Gasteiger partial charge in [0.15, 0.2) is 11.8 Å². The van der Waals surface area contributed by atoms with E-state index in [2.05, 4.69) is 25.4 Å². The van der Waals surface area contributed by atoms with E-state index in [1.165, 1.54) is 51.4 Å². The van der Waals surface area contributed by atoms with Gasteiger partial charge >= 0.3 is 0 Å². The van der Waals surface area contributed by atoms with E-state index in [9.17, 15) is 0 Å². The highest BCUT2D eigenvalue weighted by atomic mass is 127. The molecule has 2 fully saturated rings. The monoisotopic (exact) mass is 446 g/mol. The van der Waals surface area contributed by atoms with Gasteiger partial charge in [-0.25, -0.2) is 0 Å². The maximum absolute atomic E-state index is 4.52. The summed E-state index contributed by atoms with van der Waals surface area (Å²) < 4.78 is 1.95. The van der Waals surface area contributed by atoms with Crippen LogP contribution in [0.2, 0.25) is 0 Å². The van der Waals surface area contributed by atoms with Gasteiger partial charge in [0.05, 0.1) is 6.54 Å². The zero-order chi connectivity index (χ0) is 16.1. The molecule has 0 radical (unpaired) electrons. The highest BCUT2D eigenvalue weighted by Crippen LogP contribution is 2.42. The minimum atomic E-state index is 0. The van der Waals surface area contributed by atoms with E-state index in [-0.39, 0.29) is 24.0 Å². The van der Waals surface area contributed by atoms with Gasteiger partial charge in [-0.15, -0.1) is 34.2 Å². The summed E-state index contributed by atoms with van der Waals surface area (Å²) in [4.78, 5) is 6.98. The Kier molecular flexibility index (Phi) is 7.31. The summed E-state index contributed by atoms with van der Waals surface area (Å²) in [5.74, 6) is 1.95. The smallest absolute Gasteiger partial charge is 0.194 e. The highest BCUT2D eigenvalue weighted by Gasteiger charge is 2.36. The molecule has 7 heteroatoms. The predicted molar refractivity (Wildman–Crippen MR) is 108 cm³/mol. The first-order valence-corrected chi connectivity index (χ1v) is 9.01. The number of rotatable bonds is 2. The van der Waals surface area contributed by atoms with Gasteiger partial charge in [-0.05, 0) is 31.1 Å². The minimum Gasteiger partial charge on any atom is -0.349 e. The van der Waals surface area contributed by atoms with E-state index in [1.807, 2.05) is 18.7 Å². The number of piperidine rings is 1. The lowest BCUT2D eigenvalue weighted by molar-refractivity contribution is 0.115. The van der Waals surface area contributed by atoms with Crippen molar-refractivity contribution in [3.8, 4) is 0 Å². The van der Waals surface area contributed by atoms with Crippen LogP contribution in [0.4, 0.5) is 0 Å². The van der Waals surface area contributed by atoms with E-state index in [0.717, 1.165) is 24.9 Å². The first kappa shape index (κ1) is 19.5. The topological polar surface area (TPSA) is 58.3 Å². The number of hydrogen-bond acceptors (Lipinski definition) is 3. The van der Waals surface area contributed by atoms with E-state index >= 15 is 0 Å². The third kappa shape index (κ3) is 4.61. The summed E-state index contributed by atoms with van der Waals surface area (Å²) in [7, 11) is 3.86. The molecule has 1 aromatic heterocycles. The molecule has 2 aliphatic rings. The Labute approximate surface area is 162 Å². The van der Waals surface area contributed by atoms with Gasteiger partial charge in [-0.3, -0.25) is 4.99 Å². The fraction of sp³-hybridized carbons (Fsp3) is 0.824. The first-order chi connectivity index (χ1) is 11.2. The Morgan fingerprint density at radius 3 is 2.54 bits per heavy atom. The Hall–Kier alpha value is -0.860. The summed E-state index contributed by atoms with van der Waals surface area (Å²) >= 11 is 0. The first-order valence-electron chi connectivity index (χ1n) is 9.01. The number of guanidine groups is 1. The molecule has 2 heterocycles. The van der Waals surface area contributed by atoms with Gasteiger partial charge in [0.25, 0.3) is 0 Å². The molecule has 1 aliphatic carbocycles. The van der Waals surface area contributed by atoms with Crippen molar-refractivity contribution in [1.29, 1.82) is 0 Å². The Bertz CT molecular complexity index is 533. The fourth-order valence-corrected chi connectivity index (χ4v) is 4.23. The lowest BCUT2D eigenvalue weighted by Gasteiger charge is -2.44. The fourth-order valence-electron chi connectivity index (χ4n) is 4.23. The van der Waals surface area contributed by atoms with Gasteiger partial charge in [-0.1, -0.05) is 25.7 Å². The average molecular weight is 446 g/mol. The second-order valence-electron chi connectivity index (χ2n) is 7.20. The number of nitrogens with zero attached hydrogens (tertiary/aromatic N) is 5. The maximum atomic E-state index is 4.52. The molecule has 3 rings (SSSR count). The van der Waals surface area contributed by atoms with Crippen LogP contribution in [0.15, 0.2) is 11.3 Å². The Balaban J connectivity index is 0.00000208. The molecule has 136 valence electrons. The van der Waals surface area contributed by atoms with E-state index < -0.39 is 0 Å². The third-order valence-corrected chi connectivity index (χ3v) is 5.55. The molecule has 1 saturated heterocycles. The molecule has 0 amide bonds. The number of nitrogens with one attached hydrogen (secondary N) is 1. The summed E-state index contributed by atoms with van der Waals surface area (Å²) in [5.41, 5.74) is 0.525. The molecular formula is C17H31IN6. The highest BCUT2D eigenvalue weighted by molar-refractivity contribution is 14.0. The minimum absolute atomic E-state index is 0. The van der Waals surface area contributed by atoms with Crippen LogP contribution in [0.3, 0.4) is 0 Å². The van der Waals surface area contributed by atoms with Crippen molar-refractivity contribution in [2.45, 2.75) is 57.9 Å². The van der Waals surface area contributed by atoms with Gasteiger partial charge in [-0.2, -0.15) is 0 Å². The standard InChI is InChI=1S/C17H30N6.HI/c1-18-16(19-12-15-21-20-14-22(15)2)23-11-7-10-17(13-23)8-5-3-4-6-9-17;/h14H,3-13H2,1-2H3,(H,18,19);1H. The van der Waals surface area contributed by atoms with E-state index in [0.29, 0.717) is 12.0 Å². The van der Waals surface area contributed by atoms with Gasteiger partial charge in [0, 0.05) is 27.2 Å². The quantitative estimate of drug-likeness (QED) is 0.431. The number of halogens is 1. The van der Waals surface area contributed by atoms with Gasteiger partial charge < -0.3 is 14.8 Å². The van der Waals surface area contributed by atoms with Crippen LogP contribution >= 0.6 is 24.0 Å². The Morgan fingerprint density at radius 2 is 1.92 bits per heavy atom. The normalized spacial score (nSPS) is 21.2. The van der Waals surface area contributed by atoms with Crippen LogP contribution in [0, 0.1) is 5.41 Å². The van der Waals surface area contributed by atoms with Gasteiger partial charge in [0.2, 0.25) is 0 Å². The van der Waals surface area contributed by atoms with E-state index in [1.54, 1.807) is 6.33 Å². The van der Waals surface area contributed by atoms with Crippen molar-refractivity contribution < 1.29 is 0 Å². The molecular weight excluding hydrogens is 415 g/mol. The molecule has 1 aliphatic heterocycles. The SMILES string of the molecule is CN=C(NCc1nncn1C)N1CCCC2(CCCCCC2)C1.I. The lowest BCUT2D eigenvalue weighted by Crippen LogP contribution is -2.50. The summed E-state index contributed by atoms with van der Waals surface area (Å²) in [6.45, 7) is 2.94. The lowest BCUT2D eigenvalue weighted by atomic mass is 9.74. The van der Waals surface area contributed by atoms with Crippen molar-refractivity contribution in [3.05, 3.63) is 12.2 Å². The number of aromatic nitrogens is 3. The molecule has 1 aromatic rings. The predicted octanol–water partition coefficient (Wildman–Crippen LogP) is 2.94. The van der Waals surface area contributed by atoms with Crippen molar-refractivity contribution in [2.75, 3.05) is 20.1 Å². The zero-order valence-corrected chi connectivity index (χ0v) is 17.3. The summed E-state index contributed by atoms with van der Waals surface area (Å²) in [5, 5.41) is 11.5. The largest absolute Gasteiger partial charge is 0.349 e. The van der Waals surface area contributed by atoms with Crippen molar-refractivity contribution in [3.63, 3.8) is 0 Å². The zero-order valence-electron chi connectivity index (χ0n) is 15.0. The van der Waals surface area contributed by atoms with Crippen molar-refractivity contribution in [2.24, 2.45) is 17.5 Å². The molecule has 0 unspecified atom stereocenters. The Morgan fingerprint density at radius 1 is 1.21 bits per heavy atom. The van der Waals surface area contributed by atoms with Crippen LogP contribution in [0.5, 0.6) is 0 Å². The van der Waals surface area contributed by atoms with Crippen molar-refractivity contribution >= 4 is 29.9 Å². The van der Waals surface area contributed by atoms with E-state index in [4.69, 9.17) is 0 Å². The second kappa shape index (κ2) is 9.01. The number of aryl methyl sites for hydroxylation is 1. The van der Waals surface area contributed by atoms with Crippen molar-refractivity contribution in [1.82, 2.24) is 25.0 Å². The molecule has 0 bridgehead atoms. The maximum Gasteiger partial charge on any atom is 0.194 e. The number of aliphatic imine (C=N–C) groups is 1.